The van der Waals surface area contributed by atoms with Gasteiger partial charge in [-0.1, -0.05) is 60.7 Å². The fraction of sp³-hybridized carbons (Fsp3) is 0.0714. The van der Waals surface area contributed by atoms with Crippen molar-refractivity contribution in [2.24, 2.45) is 0 Å². The zero-order valence-electron chi connectivity index (χ0n) is 19.5. The maximum Gasteiger partial charge on any atom is 0.335 e. The summed E-state index contributed by atoms with van der Waals surface area (Å²) in [7, 11) is -4.29. The van der Waals surface area contributed by atoms with Crippen LogP contribution in [-0.4, -0.2) is 34.9 Å². The largest absolute Gasteiger partial charge is 0.478 e. The Bertz CT molecular complexity index is 1470. The highest BCUT2D eigenvalue weighted by atomic mass is 32.2. The standard InChI is InChI=1S/C28H23NO7S/c30-27(31)22-15-23(28(32)33)17-26(16-22)37(34,35)29(18-20-7-3-1-4-8-20)19-21-11-13-25(14-12-21)36-24-9-5-2-6-10-24/h1-17H,18-19H2,(H,30,31)(H,32,33). The Morgan fingerprint density at radius 2 is 1.11 bits per heavy atom. The number of carbonyl (C=O) groups is 2. The molecule has 0 aliphatic rings. The molecule has 0 heterocycles. The first-order valence-electron chi connectivity index (χ1n) is 11.2. The number of hydrogen-bond acceptors (Lipinski definition) is 5. The maximum absolute atomic E-state index is 13.7. The summed E-state index contributed by atoms with van der Waals surface area (Å²) in [6, 6.07) is 27.9. The van der Waals surface area contributed by atoms with E-state index in [1.165, 1.54) is 4.31 Å². The van der Waals surface area contributed by atoms with Crippen LogP contribution in [0.2, 0.25) is 0 Å². The second kappa shape index (κ2) is 11.1. The smallest absolute Gasteiger partial charge is 0.335 e. The Kier molecular flexibility index (Phi) is 7.66. The molecule has 0 bridgehead atoms. The van der Waals surface area contributed by atoms with Gasteiger partial charge in [-0.05, 0) is 53.6 Å². The highest BCUT2D eigenvalue weighted by Gasteiger charge is 2.27. The van der Waals surface area contributed by atoms with Crippen molar-refractivity contribution in [3.05, 3.63) is 125 Å². The zero-order chi connectivity index (χ0) is 26.4. The number of nitrogens with zero attached hydrogens (tertiary/aromatic N) is 1. The third kappa shape index (κ3) is 6.40. The molecule has 4 aromatic rings. The Labute approximate surface area is 214 Å². The van der Waals surface area contributed by atoms with Gasteiger partial charge >= 0.3 is 11.9 Å². The molecule has 37 heavy (non-hydrogen) atoms. The van der Waals surface area contributed by atoms with Gasteiger partial charge in [-0.3, -0.25) is 0 Å². The molecule has 0 aromatic heterocycles. The van der Waals surface area contributed by atoms with E-state index >= 15 is 0 Å². The van der Waals surface area contributed by atoms with Crippen LogP contribution in [-0.2, 0) is 23.1 Å². The van der Waals surface area contributed by atoms with Crippen LogP contribution in [0.1, 0.15) is 31.8 Å². The van der Waals surface area contributed by atoms with Gasteiger partial charge in [0.1, 0.15) is 11.5 Å². The van der Waals surface area contributed by atoms with E-state index in [9.17, 15) is 28.2 Å². The van der Waals surface area contributed by atoms with Crippen molar-refractivity contribution < 1.29 is 33.0 Å². The van der Waals surface area contributed by atoms with Crippen LogP contribution < -0.4 is 4.74 Å². The number of benzene rings is 4. The van der Waals surface area contributed by atoms with Crippen molar-refractivity contribution >= 4 is 22.0 Å². The molecule has 8 nitrogen and oxygen atoms in total. The molecular formula is C28H23NO7S. The number of ether oxygens (including phenoxy) is 1. The first-order chi connectivity index (χ1) is 17.7. The van der Waals surface area contributed by atoms with E-state index in [4.69, 9.17) is 4.74 Å². The molecule has 0 aliphatic heterocycles. The zero-order valence-corrected chi connectivity index (χ0v) is 20.3. The average Bonchev–Trinajstić information content (AvgIpc) is 2.90. The van der Waals surface area contributed by atoms with Gasteiger partial charge in [0.15, 0.2) is 0 Å². The van der Waals surface area contributed by atoms with E-state index < -0.39 is 38.0 Å². The van der Waals surface area contributed by atoms with Gasteiger partial charge in [-0.2, -0.15) is 4.31 Å². The lowest BCUT2D eigenvalue weighted by atomic mass is 10.1. The minimum absolute atomic E-state index is 0.00879. The Morgan fingerprint density at radius 1 is 0.649 bits per heavy atom. The van der Waals surface area contributed by atoms with Crippen LogP contribution in [0, 0.1) is 0 Å². The summed E-state index contributed by atoms with van der Waals surface area (Å²) in [4.78, 5) is 22.7. The average molecular weight is 518 g/mol. The van der Waals surface area contributed by atoms with Gasteiger partial charge in [0.05, 0.1) is 16.0 Å². The molecule has 4 aromatic carbocycles. The van der Waals surface area contributed by atoms with Crippen molar-refractivity contribution in [2.75, 3.05) is 0 Å². The van der Waals surface area contributed by atoms with Gasteiger partial charge in [0.25, 0.3) is 0 Å². The van der Waals surface area contributed by atoms with Crippen LogP contribution in [0.4, 0.5) is 0 Å². The van der Waals surface area contributed by atoms with E-state index in [2.05, 4.69) is 0 Å². The molecule has 0 saturated carbocycles. The lowest BCUT2D eigenvalue weighted by molar-refractivity contribution is 0.0696. The van der Waals surface area contributed by atoms with Gasteiger partial charge in [-0.15, -0.1) is 0 Å². The van der Waals surface area contributed by atoms with Gasteiger partial charge in [-0.25, -0.2) is 18.0 Å². The highest BCUT2D eigenvalue weighted by Crippen LogP contribution is 2.26. The second-order valence-electron chi connectivity index (χ2n) is 8.17. The number of aromatic carboxylic acids is 2. The predicted octanol–water partition coefficient (Wildman–Crippen LogP) is 5.27. The molecule has 0 atom stereocenters. The molecule has 0 spiro atoms. The predicted molar refractivity (Wildman–Crippen MR) is 136 cm³/mol. The maximum atomic E-state index is 13.7. The second-order valence-corrected chi connectivity index (χ2v) is 10.1. The van der Waals surface area contributed by atoms with Crippen LogP contribution in [0.3, 0.4) is 0 Å². The molecule has 0 amide bonds. The summed E-state index contributed by atoms with van der Waals surface area (Å²) in [5.41, 5.74) is 0.511. The lowest BCUT2D eigenvalue weighted by Gasteiger charge is -2.23. The summed E-state index contributed by atoms with van der Waals surface area (Å²) < 4.78 is 34.4. The first-order valence-corrected chi connectivity index (χ1v) is 12.6. The minimum Gasteiger partial charge on any atom is -0.478 e. The highest BCUT2D eigenvalue weighted by molar-refractivity contribution is 7.89. The Hall–Kier alpha value is -4.47. The molecular weight excluding hydrogens is 494 g/mol. The molecule has 0 saturated heterocycles. The molecule has 0 radical (unpaired) electrons. The molecule has 0 fully saturated rings. The Balaban J connectivity index is 1.68. The van der Waals surface area contributed by atoms with Crippen LogP contribution >= 0.6 is 0 Å². The van der Waals surface area contributed by atoms with Crippen molar-refractivity contribution in [1.29, 1.82) is 0 Å². The molecule has 2 N–H and O–H groups in total. The third-order valence-corrected chi connectivity index (χ3v) is 7.27. The fourth-order valence-electron chi connectivity index (χ4n) is 3.65. The molecule has 0 aliphatic carbocycles. The quantitative estimate of drug-likeness (QED) is 0.294. The number of sulfonamides is 1. The van der Waals surface area contributed by atoms with E-state index in [0.29, 0.717) is 22.6 Å². The van der Waals surface area contributed by atoms with E-state index in [0.717, 1.165) is 18.2 Å². The summed E-state index contributed by atoms with van der Waals surface area (Å²) >= 11 is 0. The first kappa shape index (κ1) is 25.6. The van der Waals surface area contributed by atoms with Crippen LogP contribution in [0.15, 0.2) is 108 Å². The van der Waals surface area contributed by atoms with Crippen LogP contribution in [0.25, 0.3) is 0 Å². The number of rotatable bonds is 10. The number of para-hydroxylation sites is 1. The van der Waals surface area contributed by atoms with Crippen molar-refractivity contribution in [2.45, 2.75) is 18.0 Å². The van der Waals surface area contributed by atoms with Crippen molar-refractivity contribution in [3.8, 4) is 11.5 Å². The fourth-order valence-corrected chi connectivity index (χ4v) is 5.14. The van der Waals surface area contributed by atoms with Gasteiger partial charge in [0.2, 0.25) is 10.0 Å². The van der Waals surface area contributed by atoms with E-state index in [1.54, 1.807) is 48.5 Å². The van der Waals surface area contributed by atoms with Crippen molar-refractivity contribution in [1.82, 2.24) is 4.31 Å². The molecule has 4 rings (SSSR count). The third-order valence-electron chi connectivity index (χ3n) is 5.50. The summed E-state index contributed by atoms with van der Waals surface area (Å²) in [5.74, 6) is -1.62. The number of hydrogen-bond donors (Lipinski definition) is 2. The normalized spacial score (nSPS) is 11.3. The molecule has 0 unspecified atom stereocenters. The molecule has 188 valence electrons. The van der Waals surface area contributed by atoms with Gasteiger partial charge in [0, 0.05) is 13.1 Å². The minimum atomic E-state index is -4.29. The van der Waals surface area contributed by atoms with Crippen molar-refractivity contribution in [3.63, 3.8) is 0 Å². The van der Waals surface area contributed by atoms with E-state index in [-0.39, 0.29) is 13.1 Å². The van der Waals surface area contributed by atoms with E-state index in [1.807, 2.05) is 36.4 Å². The summed E-state index contributed by atoms with van der Waals surface area (Å²) in [6.45, 7) is -0.0479. The van der Waals surface area contributed by atoms with Gasteiger partial charge < -0.3 is 14.9 Å². The number of carboxylic acids is 2. The monoisotopic (exact) mass is 517 g/mol. The summed E-state index contributed by atoms with van der Waals surface area (Å²) in [5, 5.41) is 18.8. The molecule has 9 heteroatoms. The van der Waals surface area contributed by atoms with Crippen LogP contribution in [0.5, 0.6) is 11.5 Å². The Morgan fingerprint density at radius 3 is 1.62 bits per heavy atom. The number of carboxylic acid groups (broad SMARTS) is 2. The lowest BCUT2D eigenvalue weighted by Crippen LogP contribution is -2.30. The summed E-state index contributed by atoms with van der Waals surface area (Å²) in [6.07, 6.45) is 0. The topological polar surface area (TPSA) is 121 Å². The SMILES string of the molecule is O=C(O)c1cc(C(=O)O)cc(S(=O)(=O)N(Cc2ccccc2)Cc2ccc(Oc3ccccc3)cc2)c1.